The zero-order chi connectivity index (χ0) is 25.6. The quantitative estimate of drug-likeness (QED) is 0.0450. The molecule has 0 amide bonds. The van der Waals surface area contributed by atoms with Crippen LogP contribution in [0.3, 0.4) is 0 Å². The zero-order valence-electron chi connectivity index (χ0n) is 20.9. The minimum atomic E-state index is -0.810. The Morgan fingerprint density at radius 2 is 1.46 bits per heavy atom. The monoisotopic (exact) mass is 477 g/mol. The van der Waals surface area contributed by atoms with Crippen molar-refractivity contribution >= 4 is 12.0 Å². The van der Waals surface area contributed by atoms with Crippen molar-refractivity contribution < 1.29 is 19.7 Å². The summed E-state index contributed by atoms with van der Waals surface area (Å²) in [6.07, 6.45) is 30.2. The topological polar surface area (TPSA) is 90.6 Å². The minimum Gasteiger partial charge on any atom is -0.504 e. The Labute approximate surface area is 210 Å². The van der Waals surface area contributed by atoms with Gasteiger partial charge in [-0.1, -0.05) is 107 Å². The number of esters is 1. The Balaban J connectivity index is 2.18. The molecule has 1 aromatic rings. The number of rotatable bonds is 17. The highest BCUT2D eigenvalue weighted by Gasteiger charge is 2.10. The van der Waals surface area contributed by atoms with E-state index in [4.69, 9.17) is 10.00 Å². The van der Waals surface area contributed by atoms with Crippen LogP contribution in [-0.4, -0.2) is 16.2 Å². The van der Waals surface area contributed by atoms with Crippen LogP contribution in [0.5, 0.6) is 11.5 Å². The molecule has 0 radical (unpaired) electrons. The molecular weight excluding hydrogens is 438 g/mol. The van der Waals surface area contributed by atoms with E-state index < -0.39 is 5.97 Å². The summed E-state index contributed by atoms with van der Waals surface area (Å²) in [7, 11) is 0. The molecular formula is C30H39NO4. The van der Waals surface area contributed by atoms with E-state index in [0.29, 0.717) is 5.56 Å². The lowest BCUT2D eigenvalue weighted by molar-refractivity contribution is -0.133. The third kappa shape index (κ3) is 15.1. The maximum Gasteiger partial charge on any atom is 0.353 e. The number of carbonyl (C=O) groups is 1. The summed E-state index contributed by atoms with van der Waals surface area (Å²) >= 11 is 0. The van der Waals surface area contributed by atoms with Crippen LogP contribution in [-0.2, 0) is 9.53 Å². The van der Waals surface area contributed by atoms with Gasteiger partial charge < -0.3 is 14.9 Å². The third-order valence-corrected chi connectivity index (χ3v) is 5.32. The fourth-order valence-corrected chi connectivity index (χ4v) is 3.32. The van der Waals surface area contributed by atoms with Crippen LogP contribution < -0.4 is 0 Å². The number of phenolic OH excluding ortho intramolecular Hbond substituents is 2. The molecule has 0 aromatic heterocycles. The van der Waals surface area contributed by atoms with Gasteiger partial charge in [0.25, 0.3) is 0 Å². The van der Waals surface area contributed by atoms with E-state index in [1.165, 1.54) is 94.7 Å². The first-order chi connectivity index (χ1) is 17.1. The molecule has 0 fully saturated rings. The standard InChI is InChI=1S/C30H39NO4/c1-2-3-4-5-6-7-8-9-10-11-12-13-14-15-16-17-18-19-22-35-30(34)27(25-31)23-26-20-21-28(32)29(33)24-26/h13-24,32-33H,2-12H2,1H3/b14-13+,16-15+,18-17+,22-19+,27-23+. The van der Waals surface area contributed by atoms with E-state index >= 15 is 0 Å². The summed E-state index contributed by atoms with van der Waals surface area (Å²) in [6.45, 7) is 2.26. The summed E-state index contributed by atoms with van der Waals surface area (Å²) < 4.78 is 4.94. The summed E-state index contributed by atoms with van der Waals surface area (Å²) in [5.74, 6) is -1.43. The molecule has 2 N–H and O–H groups in total. The number of aromatic hydroxyl groups is 2. The number of nitrogens with zero attached hydrogens (tertiary/aromatic N) is 1. The molecule has 0 saturated heterocycles. The molecule has 0 unspecified atom stereocenters. The van der Waals surface area contributed by atoms with Gasteiger partial charge in [0, 0.05) is 0 Å². The van der Waals surface area contributed by atoms with E-state index in [1.54, 1.807) is 18.2 Å². The number of nitriles is 1. The highest BCUT2D eigenvalue weighted by molar-refractivity contribution is 5.98. The molecule has 35 heavy (non-hydrogen) atoms. The Kier molecular flexibility index (Phi) is 16.8. The van der Waals surface area contributed by atoms with Gasteiger partial charge in [0.1, 0.15) is 11.6 Å². The highest BCUT2D eigenvalue weighted by atomic mass is 16.5. The lowest BCUT2D eigenvalue weighted by Gasteiger charge is -2.01. The van der Waals surface area contributed by atoms with Gasteiger partial charge in [-0.05, 0) is 42.7 Å². The first-order valence-electron chi connectivity index (χ1n) is 12.6. The summed E-state index contributed by atoms with van der Waals surface area (Å²) in [5, 5.41) is 28.0. The summed E-state index contributed by atoms with van der Waals surface area (Å²) in [6, 6.07) is 5.75. The Bertz CT molecular complexity index is 932. The van der Waals surface area contributed by atoms with Crippen molar-refractivity contribution in [3.63, 3.8) is 0 Å². The Morgan fingerprint density at radius 3 is 2.09 bits per heavy atom. The Hall–Kier alpha value is -3.52. The van der Waals surface area contributed by atoms with E-state index in [0.717, 1.165) is 6.42 Å². The number of allylic oxidation sites excluding steroid dienone is 7. The van der Waals surface area contributed by atoms with Crippen LogP contribution in [0, 0.1) is 11.3 Å². The largest absolute Gasteiger partial charge is 0.504 e. The lowest BCUT2D eigenvalue weighted by atomic mass is 10.1. The molecule has 0 saturated carbocycles. The normalized spacial score (nSPS) is 12.3. The van der Waals surface area contributed by atoms with Crippen LogP contribution in [0.1, 0.15) is 83.1 Å². The van der Waals surface area contributed by atoms with Gasteiger partial charge >= 0.3 is 5.97 Å². The van der Waals surface area contributed by atoms with Crippen molar-refractivity contribution in [3.05, 3.63) is 78.1 Å². The number of carbonyl (C=O) groups excluding carboxylic acids is 1. The second kappa shape index (κ2) is 19.9. The molecule has 0 spiro atoms. The van der Waals surface area contributed by atoms with Gasteiger partial charge in [0.05, 0.1) is 6.26 Å². The Morgan fingerprint density at radius 1 is 0.857 bits per heavy atom. The van der Waals surface area contributed by atoms with Crippen molar-refractivity contribution in [2.24, 2.45) is 0 Å². The van der Waals surface area contributed by atoms with Crippen molar-refractivity contribution in [1.29, 1.82) is 5.26 Å². The predicted molar refractivity (Wildman–Crippen MR) is 142 cm³/mol. The average Bonchev–Trinajstić information content (AvgIpc) is 2.85. The van der Waals surface area contributed by atoms with Crippen molar-refractivity contribution in [1.82, 2.24) is 0 Å². The second-order valence-corrected chi connectivity index (χ2v) is 8.32. The van der Waals surface area contributed by atoms with Gasteiger partial charge in [-0.3, -0.25) is 0 Å². The SMILES string of the molecule is CCCCCCCCCCCC/C=C/C=C/C=C/C=C/OC(=O)/C(C#N)=C/c1ccc(O)c(O)c1. The number of hydrogen-bond donors (Lipinski definition) is 2. The minimum absolute atomic E-state index is 0.226. The van der Waals surface area contributed by atoms with Gasteiger partial charge in [-0.25, -0.2) is 4.79 Å². The van der Waals surface area contributed by atoms with Crippen LogP contribution in [0.25, 0.3) is 6.08 Å². The lowest BCUT2D eigenvalue weighted by Crippen LogP contribution is -2.02. The molecule has 188 valence electrons. The molecule has 0 atom stereocenters. The van der Waals surface area contributed by atoms with Crippen molar-refractivity contribution in [2.45, 2.75) is 77.6 Å². The van der Waals surface area contributed by atoms with Crippen LogP contribution >= 0.6 is 0 Å². The number of phenols is 2. The van der Waals surface area contributed by atoms with E-state index in [9.17, 15) is 15.0 Å². The number of unbranched alkanes of at least 4 members (excludes halogenated alkanes) is 10. The predicted octanol–water partition coefficient (Wildman–Crippen LogP) is 8.04. The maximum atomic E-state index is 12.0. The van der Waals surface area contributed by atoms with Gasteiger partial charge in [-0.2, -0.15) is 5.26 Å². The number of ether oxygens (including phenoxy) is 1. The summed E-state index contributed by atoms with van der Waals surface area (Å²) in [4.78, 5) is 12.0. The first-order valence-corrected chi connectivity index (χ1v) is 12.6. The molecule has 5 heteroatoms. The molecule has 0 heterocycles. The molecule has 1 rings (SSSR count). The van der Waals surface area contributed by atoms with Crippen LogP contribution in [0.4, 0.5) is 0 Å². The number of benzene rings is 1. The maximum absolute atomic E-state index is 12.0. The van der Waals surface area contributed by atoms with Gasteiger partial charge in [0.15, 0.2) is 11.5 Å². The van der Waals surface area contributed by atoms with Crippen LogP contribution in [0.2, 0.25) is 0 Å². The average molecular weight is 478 g/mol. The van der Waals surface area contributed by atoms with Crippen molar-refractivity contribution in [2.75, 3.05) is 0 Å². The molecule has 5 nitrogen and oxygen atoms in total. The zero-order valence-corrected chi connectivity index (χ0v) is 20.9. The third-order valence-electron chi connectivity index (χ3n) is 5.32. The first kappa shape index (κ1) is 29.5. The highest BCUT2D eigenvalue weighted by Crippen LogP contribution is 2.26. The van der Waals surface area contributed by atoms with E-state index in [1.807, 2.05) is 24.3 Å². The van der Waals surface area contributed by atoms with Gasteiger partial charge in [-0.15, -0.1) is 0 Å². The number of hydrogen-bond acceptors (Lipinski definition) is 5. The van der Waals surface area contributed by atoms with Crippen LogP contribution in [0.15, 0.2) is 72.6 Å². The van der Waals surface area contributed by atoms with E-state index in [2.05, 4.69) is 13.0 Å². The molecule has 1 aromatic carbocycles. The molecule has 0 aliphatic heterocycles. The molecule has 0 aliphatic rings. The molecule has 0 bridgehead atoms. The van der Waals surface area contributed by atoms with Crippen molar-refractivity contribution in [3.8, 4) is 17.6 Å². The fourth-order valence-electron chi connectivity index (χ4n) is 3.32. The van der Waals surface area contributed by atoms with Gasteiger partial charge in [0.2, 0.25) is 0 Å². The fraction of sp³-hybridized carbons (Fsp3) is 0.400. The van der Waals surface area contributed by atoms with E-state index in [-0.39, 0.29) is 17.1 Å². The molecule has 0 aliphatic carbocycles. The summed E-state index contributed by atoms with van der Waals surface area (Å²) in [5.41, 5.74) is 0.167. The second-order valence-electron chi connectivity index (χ2n) is 8.32. The smallest absolute Gasteiger partial charge is 0.353 e.